The molecule has 0 aliphatic heterocycles. The van der Waals surface area contributed by atoms with Gasteiger partial charge in [0, 0.05) is 13.3 Å². The molecular weight excluding hydrogens is 377 g/mol. The molecule has 0 fully saturated rings. The second-order valence-corrected chi connectivity index (χ2v) is 6.33. The van der Waals surface area contributed by atoms with Crippen LogP contribution < -0.4 is 5.48 Å². The molecule has 7 nitrogen and oxygen atoms in total. The highest BCUT2D eigenvalue weighted by Gasteiger charge is 2.19. The van der Waals surface area contributed by atoms with E-state index in [0.717, 1.165) is 23.6 Å². The molecule has 29 heavy (non-hydrogen) atoms. The standard InChI is InChI=1S/C21H18FN3O4/c1-12-20(27)19(21(28)25-29-13(2)26)24-18(23-12)11-14-3-5-15(6-4-14)16-7-9-17(22)10-8-16/h3-10,27H,11H2,1-2H3,(H,25,28). The molecule has 148 valence electrons. The van der Waals surface area contributed by atoms with E-state index in [1.54, 1.807) is 19.1 Å². The third-order valence-corrected chi connectivity index (χ3v) is 4.10. The van der Waals surface area contributed by atoms with Gasteiger partial charge in [-0.3, -0.25) is 9.59 Å². The van der Waals surface area contributed by atoms with Gasteiger partial charge in [0.05, 0.1) is 5.69 Å². The minimum atomic E-state index is -0.851. The summed E-state index contributed by atoms with van der Waals surface area (Å²) in [5.41, 5.74) is 4.57. The van der Waals surface area contributed by atoms with Crippen LogP contribution in [0.25, 0.3) is 11.1 Å². The average Bonchev–Trinajstić information content (AvgIpc) is 2.70. The first kappa shape index (κ1) is 19.9. The number of rotatable bonds is 4. The summed E-state index contributed by atoms with van der Waals surface area (Å²) in [6.45, 7) is 2.67. The predicted octanol–water partition coefficient (Wildman–Crippen LogP) is 3.10. The van der Waals surface area contributed by atoms with E-state index in [1.807, 2.05) is 29.7 Å². The van der Waals surface area contributed by atoms with Gasteiger partial charge < -0.3 is 9.94 Å². The van der Waals surface area contributed by atoms with Crippen molar-refractivity contribution in [1.82, 2.24) is 15.4 Å². The van der Waals surface area contributed by atoms with Crippen molar-refractivity contribution < 1.29 is 23.9 Å². The Labute approximate surface area is 166 Å². The molecule has 0 radical (unpaired) electrons. The topological polar surface area (TPSA) is 101 Å². The van der Waals surface area contributed by atoms with Gasteiger partial charge in [0.2, 0.25) is 0 Å². The zero-order valence-electron chi connectivity index (χ0n) is 15.8. The van der Waals surface area contributed by atoms with E-state index in [0.29, 0.717) is 12.2 Å². The van der Waals surface area contributed by atoms with Crippen molar-refractivity contribution in [2.24, 2.45) is 0 Å². The van der Waals surface area contributed by atoms with E-state index in [4.69, 9.17) is 0 Å². The summed E-state index contributed by atoms with van der Waals surface area (Å²) in [5.74, 6) is -1.91. The Balaban J connectivity index is 1.80. The lowest BCUT2D eigenvalue weighted by Crippen LogP contribution is -2.27. The lowest BCUT2D eigenvalue weighted by molar-refractivity contribution is -0.146. The first-order valence-corrected chi connectivity index (χ1v) is 8.72. The molecule has 0 spiro atoms. The van der Waals surface area contributed by atoms with Crippen LogP contribution >= 0.6 is 0 Å². The normalized spacial score (nSPS) is 10.4. The number of benzene rings is 2. The Morgan fingerprint density at radius 2 is 1.62 bits per heavy atom. The molecule has 1 heterocycles. The number of nitrogens with zero attached hydrogens (tertiary/aromatic N) is 2. The number of aromatic hydroxyl groups is 1. The zero-order chi connectivity index (χ0) is 21.0. The van der Waals surface area contributed by atoms with Crippen LogP contribution in [-0.2, 0) is 16.1 Å². The maximum absolute atomic E-state index is 13.1. The summed E-state index contributed by atoms with van der Waals surface area (Å²) < 4.78 is 13.1. The number of hydrogen-bond acceptors (Lipinski definition) is 6. The van der Waals surface area contributed by atoms with Gasteiger partial charge in [0.1, 0.15) is 11.6 Å². The smallest absolute Gasteiger partial charge is 0.329 e. The van der Waals surface area contributed by atoms with Gasteiger partial charge in [-0.25, -0.2) is 14.4 Å². The molecule has 0 unspecified atom stereocenters. The van der Waals surface area contributed by atoms with Crippen LogP contribution in [0.4, 0.5) is 4.39 Å². The van der Waals surface area contributed by atoms with Crippen LogP contribution in [0.2, 0.25) is 0 Å². The van der Waals surface area contributed by atoms with Gasteiger partial charge in [0.25, 0.3) is 0 Å². The van der Waals surface area contributed by atoms with Crippen LogP contribution in [0.5, 0.6) is 5.75 Å². The lowest BCUT2D eigenvalue weighted by Gasteiger charge is -2.09. The van der Waals surface area contributed by atoms with Crippen molar-refractivity contribution in [2.45, 2.75) is 20.3 Å². The second-order valence-electron chi connectivity index (χ2n) is 6.33. The third kappa shape index (κ3) is 4.92. The number of hydroxylamine groups is 1. The van der Waals surface area contributed by atoms with Crippen LogP contribution in [-0.4, -0.2) is 27.0 Å². The van der Waals surface area contributed by atoms with E-state index in [2.05, 4.69) is 14.8 Å². The summed E-state index contributed by atoms with van der Waals surface area (Å²) in [7, 11) is 0. The molecule has 1 aromatic heterocycles. The van der Waals surface area contributed by atoms with Gasteiger partial charge in [-0.2, -0.15) is 5.48 Å². The quantitative estimate of drug-likeness (QED) is 0.659. The number of aryl methyl sites for hydroxylation is 1. The Morgan fingerprint density at radius 1 is 1.03 bits per heavy atom. The molecule has 0 bridgehead atoms. The van der Waals surface area contributed by atoms with Crippen molar-refractivity contribution in [3.05, 3.63) is 77.1 Å². The fourth-order valence-corrected chi connectivity index (χ4v) is 2.67. The first-order chi connectivity index (χ1) is 13.8. The Bertz CT molecular complexity index is 1050. The molecule has 0 saturated carbocycles. The van der Waals surface area contributed by atoms with Crippen molar-refractivity contribution in [3.63, 3.8) is 0 Å². The minimum Gasteiger partial charge on any atom is -0.504 e. The van der Waals surface area contributed by atoms with Crippen molar-refractivity contribution in [3.8, 4) is 16.9 Å². The monoisotopic (exact) mass is 395 g/mol. The van der Waals surface area contributed by atoms with E-state index in [-0.39, 0.29) is 23.0 Å². The summed E-state index contributed by atoms with van der Waals surface area (Å²) in [4.78, 5) is 35.7. The van der Waals surface area contributed by atoms with E-state index >= 15 is 0 Å². The lowest BCUT2D eigenvalue weighted by atomic mass is 10.0. The molecule has 0 saturated heterocycles. The van der Waals surface area contributed by atoms with Crippen LogP contribution in [0, 0.1) is 12.7 Å². The second kappa shape index (κ2) is 8.47. The van der Waals surface area contributed by atoms with Crippen molar-refractivity contribution in [2.75, 3.05) is 0 Å². The van der Waals surface area contributed by atoms with Gasteiger partial charge in [-0.15, -0.1) is 0 Å². The molecule has 0 aliphatic carbocycles. The molecule has 3 rings (SSSR count). The Morgan fingerprint density at radius 3 is 2.21 bits per heavy atom. The maximum atomic E-state index is 13.1. The van der Waals surface area contributed by atoms with E-state index in [9.17, 15) is 19.1 Å². The zero-order valence-corrected chi connectivity index (χ0v) is 15.8. The fraction of sp³-hybridized carbons (Fsp3) is 0.143. The molecule has 2 aromatic carbocycles. The molecule has 0 atom stereocenters. The summed E-state index contributed by atoms with van der Waals surface area (Å²) in [6, 6.07) is 13.7. The molecule has 2 N–H and O–H groups in total. The summed E-state index contributed by atoms with van der Waals surface area (Å²) in [5, 5.41) is 10.1. The van der Waals surface area contributed by atoms with Gasteiger partial charge in [-0.1, -0.05) is 36.4 Å². The largest absolute Gasteiger partial charge is 0.504 e. The first-order valence-electron chi connectivity index (χ1n) is 8.72. The highest BCUT2D eigenvalue weighted by atomic mass is 19.1. The van der Waals surface area contributed by atoms with Crippen LogP contribution in [0.3, 0.4) is 0 Å². The number of amides is 1. The molecule has 3 aromatic rings. The summed E-state index contributed by atoms with van der Waals surface area (Å²) in [6.07, 6.45) is 0.318. The fourth-order valence-electron chi connectivity index (χ4n) is 2.67. The molecule has 8 heteroatoms. The third-order valence-electron chi connectivity index (χ3n) is 4.10. The number of carbonyl (C=O) groups excluding carboxylic acids is 2. The highest BCUT2D eigenvalue weighted by molar-refractivity contribution is 5.95. The maximum Gasteiger partial charge on any atom is 0.329 e. The van der Waals surface area contributed by atoms with Gasteiger partial charge in [-0.05, 0) is 35.7 Å². The van der Waals surface area contributed by atoms with Crippen molar-refractivity contribution >= 4 is 11.9 Å². The summed E-state index contributed by atoms with van der Waals surface area (Å²) >= 11 is 0. The van der Waals surface area contributed by atoms with Gasteiger partial charge in [0.15, 0.2) is 11.4 Å². The SMILES string of the molecule is CC(=O)ONC(=O)c1nc(Cc2ccc(-c3ccc(F)cc3)cc2)nc(C)c1O. The Kier molecular flexibility index (Phi) is 5.82. The number of halogens is 1. The van der Waals surface area contributed by atoms with E-state index < -0.39 is 11.9 Å². The number of nitrogens with one attached hydrogen (secondary N) is 1. The van der Waals surface area contributed by atoms with Crippen LogP contribution in [0.15, 0.2) is 48.5 Å². The average molecular weight is 395 g/mol. The molecular formula is C21H18FN3O4. The highest BCUT2D eigenvalue weighted by Crippen LogP contribution is 2.22. The predicted molar refractivity (Wildman–Crippen MR) is 102 cm³/mol. The number of carbonyl (C=O) groups is 2. The van der Waals surface area contributed by atoms with Crippen molar-refractivity contribution in [1.29, 1.82) is 0 Å². The number of hydrogen-bond donors (Lipinski definition) is 2. The van der Waals surface area contributed by atoms with Gasteiger partial charge >= 0.3 is 11.9 Å². The molecule has 0 aliphatic rings. The Hall–Kier alpha value is -3.81. The minimum absolute atomic E-state index is 0.228. The number of aromatic nitrogens is 2. The van der Waals surface area contributed by atoms with Crippen LogP contribution in [0.1, 0.15) is 34.5 Å². The van der Waals surface area contributed by atoms with E-state index in [1.165, 1.54) is 12.1 Å². The molecule has 1 amide bonds.